The number of thiocarbonyl (C=S) groups is 2. The van der Waals surface area contributed by atoms with Crippen molar-refractivity contribution in [3.05, 3.63) is 47.5 Å². The minimum Gasteiger partial charge on any atom is -0.393 e. The molecule has 0 saturated heterocycles. The van der Waals surface area contributed by atoms with Crippen LogP contribution in [-0.2, 0) is 0 Å². The van der Waals surface area contributed by atoms with Gasteiger partial charge in [-0.3, -0.25) is 0 Å². The molecule has 0 aliphatic rings. The Morgan fingerprint density at radius 2 is 1.81 bits per heavy atom. The van der Waals surface area contributed by atoms with Gasteiger partial charge < -0.3 is 11.5 Å². The van der Waals surface area contributed by atoms with Crippen molar-refractivity contribution in [2.24, 2.45) is 11.5 Å². The Labute approximate surface area is 136 Å². The number of unbranched alkanes of at least 4 members (excludes halogenated alkanes) is 1. The summed E-state index contributed by atoms with van der Waals surface area (Å²) in [4.78, 5) is 0.908. The molecule has 0 spiro atoms. The van der Waals surface area contributed by atoms with Gasteiger partial charge in [-0.15, -0.1) is 0 Å². The molecule has 0 bridgehead atoms. The van der Waals surface area contributed by atoms with Gasteiger partial charge in [0.05, 0.1) is 4.99 Å². The predicted octanol–water partition coefficient (Wildman–Crippen LogP) is 4.03. The molecule has 0 fully saturated rings. The molecule has 2 nitrogen and oxygen atoms in total. The van der Waals surface area contributed by atoms with E-state index in [1.165, 1.54) is 0 Å². The maximum Gasteiger partial charge on any atom is 0.104 e. The molecule has 4 N–H and O–H groups in total. The molecular weight excluding hydrogens is 296 g/mol. The lowest BCUT2D eigenvalue weighted by molar-refractivity contribution is 0.687. The summed E-state index contributed by atoms with van der Waals surface area (Å²) in [5.74, 6) is 0.0162. The lowest BCUT2D eigenvalue weighted by Gasteiger charge is -2.21. The van der Waals surface area contributed by atoms with Gasteiger partial charge in [0.15, 0.2) is 0 Å². The third-order valence-electron chi connectivity index (χ3n) is 3.77. The van der Waals surface area contributed by atoms with E-state index in [-0.39, 0.29) is 5.92 Å². The van der Waals surface area contributed by atoms with Crippen LogP contribution in [0, 0.1) is 0 Å². The molecule has 0 aliphatic heterocycles. The van der Waals surface area contributed by atoms with Crippen molar-refractivity contribution in [2.45, 2.75) is 32.1 Å². The fourth-order valence-electron chi connectivity index (χ4n) is 2.72. The van der Waals surface area contributed by atoms with Crippen LogP contribution >= 0.6 is 24.4 Å². The highest BCUT2D eigenvalue weighted by atomic mass is 32.1. The van der Waals surface area contributed by atoms with Gasteiger partial charge in [0.1, 0.15) is 4.99 Å². The van der Waals surface area contributed by atoms with E-state index in [1.54, 1.807) is 0 Å². The monoisotopic (exact) mass is 316 g/mol. The van der Waals surface area contributed by atoms with Crippen LogP contribution in [0.15, 0.2) is 36.4 Å². The maximum absolute atomic E-state index is 6.02. The first kappa shape index (κ1) is 15.9. The van der Waals surface area contributed by atoms with Crippen LogP contribution in [0.2, 0.25) is 0 Å². The number of hydrogen-bond donors (Lipinski definition) is 2. The fraction of sp³-hybridized carbons (Fsp3) is 0.294. The highest BCUT2D eigenvalue weighted by Gasteiger charge is 2.21. The van der Waals surface area contributed by atoms with Crippen molar-refractivity contribution in [1.82, 2.24) is 0 Å². The van der Waals surface area contributed by atoms with E-state index in [9.17, 15) is 0 Å². The lowest BCUT2D eigenvalue weighted by atomic mass is 9.86. The van der Waals surface area contributed by atoms with Crippen molar-refractivity contribution in [2.75, 3.05) is 0 Å². The molecule has 0 radical (unpaired) electrons. The average molecular weight is 316 g/mol. The van der Waals surface area contributed by atoms with Crippen molar-refractivity contribution in [3.63, 3.8) is 0 Å². The molecule has 21 heavy (non-hydrogen) atoms. The lowest BCUT2D eigenvalue weighted by Crippen LogP contribution is -2.23. The van der Waals surface area contributed by atoms with Gasteiger partial charge in [-0.1, -0.05) is 80.6 Å². The van der Waals surface area contributed by atoms with Gasteiger partial charge in [-0.2, -0.15) is 0 Å². The molecule has 2 aromatic carbocycles. The van der Waals surface area contributed by atoms with Crippen LogP contribution in [0.1, 0.15) is 43.2 Å². The normalized spacial score (nSPS) is 12.2. The van der Waals surface area contributed by atoms with E-state index >= 15 is 0 Å². The van der Waals surface area contributed by atoms with Gasteiger partial charge in [0, 0.05) is 11.5 Å². The molecule has 0 heterocycles. The van der Waals surface area contributed by atoms with Crippen molar-refractivity contribution < 1.29 is 0 Å². The van der Waals surface area contributed by atoms with Crippen molar-refractivity contribution in [1.29, 1.82) is 0 Å². The predicted molar refractivity (Wildman–Crippen MR) is 98.9 cm³/mol. The zero-order chi connectivity index (χ0) is 15.4. The first-order valence-electron chi connectivity index (χ1n) is 7.17. The fourth-order valence-corrected chi connectivity index (χ4v) is 3.14. The second-order valence-corrected chi connectivity index (χ2v) is 6.12. The Hall–Kier alpha value is -1.52. The summed E-state index contributed by atoms with van der Waals surface area (Å²) in [5, 5.41) is 2.29. The van der Waals surface area contributed by atoms with Gasteiger partial charge in [0.2, 0.25) is 0 Å². The highest BCUT2D eigenvalue weighted by molar-refractivity contribution is 7.80. The van der Waals surface area contributed by atoms with Crippen molar-refractivity contribution >= 4 is 45.2 Å². The third-order valence-corrected chi connectivity index (χ3v) is 4.28. The SMILES string of the molecule is CCCCC(C(N)=S)c1c(C(N)=S)ccc2ccccc12. The quantitative estimate of drug-likeness (QED) is 0.790. The molecule has 2 aromatic rings. The molecule has 0 aromatic heterocycles. The standard InChI is InChI=1S/C17H20N2S2/c1-2-3-7-13(16(18)20)15-12-8-5-4-6-11(12)9-10-14(15)17(19)21/h4-6,8-10,13H,2-3,7H2,1H3,(H2,18,20)(H2,19,21). The van der Waals surface area contributed by atoms with Crippen LogP contribution in [0.3, 0.4) is 0 Å². The van der Waals surface area contributed by atoms with Crippen LogP contribution in [-0.4, -0.2) is 9.98 Å². The molecule has 4 heteroatoms. The van der Waals surface area contributed by atoms with E-state index in [4.69, 9.17) is 35.9 Å². The molecule has 110 valence electrons. The first-order chi connectivity index (χ1) is 10.1. The van der Waals surface area contributed by atoms with Crippen LogP contribution in [0.25, 0.3) is 10.8 Å². The minimum atomic E-state index is 0.0162. The Morgan fingerprint density at radius 3 is 2.43 bits per heavy atom. The number of nitrogens with two attached hydrogens (primary N) is 2. The maximum atomic E-state index is 6.02. The third kappa shape index (κ3) is 3.39. The Morgan fingerprint density at radius 1 is 1.10 bits per heavy atom. The topological polar surface area (TPSA) is 52.0 Å². The summed E-state index contributed by atoms with van der Waals surface area (Å²) in [6.45, 7) is 2.16. The van der Waals surface area contributed by atoms with E-state index in [1.807, 2.05) is 24.3 Å². The molecule has 0 saturated carbocycles. The van der Waals surface area contributed by atoms with Crippen molar-refractivity contribution in [3.8, 4) is 0 Å². The zero-order valence-electron chi connectivity index (χ0n) is 12.1. The smallest absolute Gasteiger partial charge is 0.104 e. The number of hydrogen-bond acceptors (Lipinski definition) is 2. The Balaban J connectivity index is 2.69. The highest BCUT2D eigenvalue weighted by Crippen LogP contribution is 2.33. The second-order valence-electron chi connectivity index (χ2n) is 5.21. The zero-order valence-corrected chi connectivity index (χ0v) is 13.8. The molecule has 1 unspecified atom stereocenters. The van der Waals surface area contributed by atoms with Crippen LogP contribution < -0.4 is 11.5 Å². The van der Waals surface area contributed by atoms with Gasteiger partial charge in [0.25, 0.3) is 0 Å². The van der Waals surface area contributed by atoms with E-state index in [0.29, 0.717) is 9.98 Å². The summed E-state index contributed by atoms with van der Waals surface area (Å²) in [7, 11) is 0. The first-order valence-corrected chi connectivity index (χ1v) is 7.98. The van der Waals surface area contributed by atoms with Gasteiger partial charge >= 0.3 is 0 Å². The molecule has 1 atom stereocenters. The van der Waals surface area contributed by atoms with Crippen LogP contribution in [0.4, 0.5) is 0 Å². The van der Waals surface area contributed by atoms with E-state index in [0.717, 1.165) is 41.2 Å². The minimum absolute atomic E-state index is 0.0162. The number of rotatable bonds is 6. The van der Waals surface area contributed by atoms with E-state index < -0.39 is 0 Å². The molecule has 2 rings (SSSR count). The molecule has 0 aliphatic carbocycles. The van der Waals surface area contributed by atoms with Gasteiger partial charge in [-0.05, 0) is 22.8 Å². The van der Waals surface area contributed by atoms with Gasteiger partial charge in [-0.25, -0.2) is 0 Å². The Bertz CT molecular complexity index is 680. The average Bonchev–Trinajstić information content (AvgIpc) is 2.47. The van der Waals surface area contributed by atoms with E-state index in [2.05, 4.69) is 19.1 Å². The summed E-state index contributed by atoms with van der Waals surface area (Å²) in [6, 6.07) is 12.2. The summed E-state index contributed by atoms with van der Waals surface area (Å²) in [5.41, 5.74) is 13.9. The molecule has 0 amide bonds. The summed E-state index contributed by atoms with van der Waals surface area (Å²) in [6.07, 6.45) is 3.10. The summed E-state index contributed by atoms with van der Waals surface area (Å²) < 4.78 is 0. The summed E-state index contributed by atoms with van der Waals surface area (Å²) >= 11 is 10.5. The number of benzene rings is 2. The van der Waals surface area contributed by atoms with Crippen LogP contribution in [0.5, 0.6) is 0 Å². The Kier molecular flexibility index (Phi) is 5.26. The number of fused-ring (bicyclic) bond motifs is 1. The largest absolute Gasteiger partial charge is 0.393 e. The molecular formula is C17H20N2S2. The second kappa shape index (κ2) is 6.96.